The molecule has 1 amide bonds. The van der Waals surface area contributed by atoms with E-state index < -0.39 is 0 Å². The van der Waals surface area contributed by atoms with Crippen LogP contribution in [0.4, 0.5) is 0 Å². The van der Waals surface area contributed by atoms with Crippen LogP contribution >= 0.6 is 0 Å². The number of aromatic amines is 1. The van der Waals surface area contributed by atoms with Gasteiger partial charge in [0.05, 0.1) is 0 Å². The van der Waals surface area contributed by atoms with E-state index in [4.69, 9.17) is 5.11 Å². The lowest BCUT2D eigenvalue weighted by Crippen LogP contribution is -2.39. The van der Waals surface area contributed by atoms with Gasteiger partial charge in [-0.3, -0.25) is 9.59 Å². The minimum atomic E-state index is -0.0289. The zero-order valence-corrected chi connectivity index (χ0v) is 13.0. The van der Waals surface area contributed by atoms with Crippen LogP contribution in [-0.4, -0.2) is 46.4 Å². The first-order valence-electron chi connectivity index (χ1n) is 7.62. The molecule has 0 aromatic carbocycles. The van der Waals surface area contributed by atoms with Gasteiger partial charge in [-0.25, -0.2) is 0 Å². The molecule has 1 fully saturated rings. The van der Waals surface area contributed by atoms with Gasteiger partial charge >= 0.3 is 0 Å². The fourth-order valence-electron chi connectivity index (χ4n) is 3.17. The summed E-state index contributed by atoms with van der Waals surface area (Å²) < 4.78 is 0. The van der Waals surface area contributed by atoms with Crippen molar-refractivity contribution in [3.05, 3.63) is 22.5 Å². The summed E-state index contributed by atoms with van der Waals surface area (Å²) in [5.41, 5.74) is 2.82. The van der Waals surface area contributed by atoms with Gasteiger partial charge in [-0.15, -0.1) is 0 Å². The number of carbonyl (C=O) groups is 2. The molecule has 0 atom stereocenters. The molecule has 0 aliphatic carbocycles. The molecular weight excluding hydrogens is 268 g/mol. The van der Waals surface area contributed by atoms with Crippen molar-refractivity contribution in [3.8, 4) is 0 Å². The van der Waals surface area contributed by atoms with Crippen LogP contribution in [0.3, 0.4) is 0 Å². The van der Waals surface area contributed by atoms with Crippen LogP contribution in [0.15, 0.2) is 0 Å². The van der Waals surface area contributed by atoms with E-state index in [1.807, 2.05) is 18.7 Å². The van der Waals surface area contributed by atoms with Gasteiger partial charge in [0.15, 0.2) is 5.78 Å². The Morgan fingerprint density at radius 1 is 1.33 bits per heavy atom. The number of aliphatic hydroxyl groups excluding tert-OH is 1. The summed E-state index contributed by atoms with van der Waals surface area (Å²) in [5, 5.41) is 9.17. The van der Waals surface area contributed by atoms with Crippen LogP contribution in [0.2, 0.25) is 0 Å². The maximum atomic E-state index is 12.7. The molecule has 2 rings (SSSR count). The van der Waals surface area contributed by atoms with Crippen LogP contribution < -0.4 is 0 Å². The smallest absolute Gasteiger partial charge is 0.270 e. The molecule has 0 bridgehead atoms. The van der Waals surface area contributed by atoms with Gasteiger partial charge < -0.3 is 15.0 Å². The van der Waals surface area contributed by atoms with E-state index in [1.54, 1.807) is 0 Å². The number of hydrogen-bond donors (Lipinski definition) is 2. The summed E-state index contributed by atoms with van der Waals surface area (Å²) in [6, 6.07) is 0. The molecule has 0 saturated carbocycles. The third kappa shape index (κ3) is 3.02. The van der Waals surface area contributed by atoms with Gasteiger partial charge in [-0.1, -0.05) is 6.92 Å². The molecule has 1 aromatic heterocycles. The zero-order valence-electron chi connectivity index (χ0n) is 13.0. The fourth-order valence-corrected chi connectivity index (χ4v) is 3.17. The molecule has 0 spiro atoms. The number of Topliss-reactive ketones (excluding diaryl/α,β-unsaturated/α-hetero) is 1. The SMILES string of the molecule is CCc1c(C(=O)N2CCC(CO)CC2)[nH]c(C)c1C(C)=O. The number of ketones is 1. The predicted octanol–water partition coefficient (Wildman–Crippen LogP) is 1.93. The Balaban J connectivity index is 2.24. The molecule has 5 heteroatoms. The predicted molar refractivity (Wildman–Crippen MR) is 80.6 cm³/mol. The number of piperidine rings is 1. The maximum Gasteiger partial charge on any atom is 0.270 e. The minimum absolute atomic E-state index is 0.00126. The molecule has 0 radical (unpaired) electrons. The highest BCUT2D eigenvalue weighted by Crippen LogP contribution is 2.24. The number of hydrogen-bond acceptors (Lipinski definition) is 3. The van der Waals surface area contributed by atoms with E-state index in [0.29, 0.717) is 36.7 Å². The molecule has 1 saturated heterocycles. The highest BCUT2D eigenvalue weighted by atomic mass is 16.3. The van der Waals surface area contributed by atoms with Crippen molar-refractivity contribution in [1.82, 2.24) is 9.88 Å². The van der Waals surface area contributed by atoms with E-state index in [0.717, 1.165) is 24.1 Å². The largest absolute Gasteiger partial charge is 0.396 e. The molecule has 2 N–H and O–H groups in total. The fraction of sp³-hybridized carbons (Fsp3) is 0.625. The van der Waals surface area contributed by atoms with Crippen molar-refractivity contribution in [2.24, 2.45) is 5.92 Å². The first-order chi connectivity index (χ1) is 9.99. The lowest BCUT2D eigenvalue weighted by Gasteiger charge is -2.31. The van der Waals surface area contributed by atoms with Crippen molar-refractivity contribution in [2.75, 3.05) is 19.7 Å². The zero-order chi connectivity index (χ0) is 15.6. The third-order valence-electron chi connectivity index (χ3n) is 4.37. The molecule has 1 aromatic rings. The number of carbonyl (C=O) groups excluding carboxylic acids is 2. The second kappa shape index (κ2) is 6.43. The maximum absolute atomic E-state index is 12.7. The summed E-state index contributed by atoms with van der Waals surface area (Å²) in [4.78, 5) is 29.4. The van der Waals surface area contributed by atoms with Crippen LogP contribution in [0.25, 0.3) is 0 Å². The Morgan fingerprint density at radius 2 is 1.95 bits per heavy atom. The molecule has 1 aliphatic rings. The van der Waals surface area contributed by atoms with Crippen LogP contribution in [-0.2, 0) is 6.42 Å². The molecule has 21 heavy (non-hydrogen) atoms. The van der Waals surface area contributed by atoms with E-state index in [1.165, 1.54) is 6.92 Å². The quantitative estimate of drug-likeness (QED) is 0.833. The number of nitrogens with zero attached hydrogens (tertiary/aromatic N) is 1. The van der Waals surface area contributed by atoms with Crippen molar-refractivity contribution < 1.29 is 14.7 Å². The second-order valence-electron chi connectivity index (χ2n) is 5.81. The Kier molecular flexibility index (Phi) is 4.83. The summed E-state index contributed by atoms with van der Waals surface area (Å²) >= 11 is 0. The van der Waals surface area contributed by atoms with Gasteiger partial charge in [0.25, 0.3) is 5.91 Å². The Morgan fingerprint density at radius 3 is 2.43 bits per heavy atom. The van der Waals surface area contributed by atoms with Crippen molar-refractivity contribution in [2.45, 2.75) is 40.0 Å². The molecular formula is C16H24N2O3. The molecule has 116 valence electrons. The highest BCUT2D eigenvalue weighted by Gasteiger charge is 2.28. The summed E-state index contributed by atoms with van der Waals surface area (Å²) in [7, 11) is 0. The Bertz CT molecular complexity index is 540. The van der Waals surface area contributed by atoms with Crippen LogP contribution in [0.1, 0.15) is 58.8 Å². The van der Waals surface area contributed by atoms with Crippen LogP contribution in [0.5, 0.6) is 0 Å². The average Bonchev–Trinajstić information content (AvgIpc) is 2.83. The summed E-state index contributed by atoms with van der Waals surface area (Å²) in [6.45, 7) is 6.87. The first kappa shape index (κ1) is 15.8. The van der Waals surface area contributed by atoms with E-state index in [2.05, 4.69) is 4.98 Å². The summed E-state index contributed by atoms with van der Waals surface area (Å²) in [6.07, 6.45) is 2.33. The van der Waals surface area contributed by atoms with Gasteiger partial charge in [0.2, 0.25) is 0 Å². The number of nitrogens with one attached hydrogen (secondary N) is 1. The van der Waals surface area contributed by atoms with E-state index in [9.17, 15) is 9.59 Å². The number of H-pyrrole nitrogens is 1. The third-order valence-corrected chi connectivity index (χ3v) is 4.37. The summed E-state index contributed by atoms with van der Waals surface area (Å²) in [5.74, 6) is 0.273. The van der Waals surface area contributed by atoms with E-state index in [-0.39, 0.29) is 18.3 Å². The Hall–Kier alpha value is -1.62. The van der Waals surface area contributed by atoms with E-state index >= 15 is 0 Å². The minimum Gasteiger partial charge on any atom is -0.396 e. The van der Waals surface area contributed by atoms with Crippen molar-refractivity contribution in [1.29, 1.82) is 0 Å². The van der Waals surface area contributed by atoms with Crippen molar-refractivity contribution in [3.63, 3.8) is 0 Å². The number of amides is 1. The number of aryl methyl sites for hydroxylation is 1. The Labute approximate surface area is 125 Å². The second-order valence-corrected chi connectivity index (χ2v) is 5.81. The number of aliphatic hydroxyl groups is 1. The molecule has 2 heterocycles. The number of aromatic nitrogens is 1. The lowest BCUT2D eigenvalue weighted by atomic mass is 9.97. The van der Waals surface area contributed by atoms with Crippen LogP contribution in [0, 0.1) is 12.8 Å². The number of rotatable bonds is 4. The number of likely N-dealkylation sites (tertiary alicyclic amines) is 1. The topological polar surface area (TPSA) is 73.4 Å². The van der Waals surface area contributed by atoms with Gasteiger partial charge in [0.1, 0.15) is 5.69 Å². The molecule has 0 unspecified atom stereocenters. The van der Waals surface area contributed by atoms with Crippen molar-refractivity contribution >= 4 is 11.7 Å². The van der Waals surface area contributed by atoms with Gasteiger partial charge in [-0.2, -0.15) is 0 Å². The first-order valence-corrected chi connectivity index (χ1v) is 7.62. The molecule has 1 aliphatic heterocycles. The standard InChI is InChI=1S/C16H24N2O3/c1-4-13-14(11(3)20)10(2)17-15(13)16(21)18-7-5-12(9-19)6-8-18/h12,17,19H,4-9H2,1-3H3. The lowest BCUT2D eigenvalue weighted by molar-refractivity contribution is 0.0644. The van der Waals surface area contributed by atoms with Gasteiger partial charge in [-0.05, 0) is 44.6 Å². The average molecular weight is 292 g/mol. The molecule has 5 nitrogen and oxygen atoms in total. The van der Waals surface area contributed by atoms with Gasteiger partial charge in [0, 0.05) is 31.0 Å². The normalized spacial score (nSPS) is 16.3. The highest BCUT2D eigenvalue weighted by molar-refractivity contribution is 6.02. The monoisotopic (exact) mass is 292 g/mol.